The molecule has 1 saturated heterocycles. The van der Waals surface area contributed by atoms with Crippen LogP contribution in [0.15, 0.2) is 35.1 Å². The van der Waals surface area contributed by atoms with Crippen molar-refractivity contribution in [2.45, 2.75) is 32.8 Å². The highest BCUT2D eigenvalue weighted by Crippen LogP contribution is 2.32. The second-order valence-electron chi connectivity index (χ2n) is 6.70. The van der Waals surface area contributed by atoms with Gasteiger partial charge in [0.25, 0.3) is 0 Å². The van der Waals surface area contributed by atoms with Gasteiger partial charge in [-0.15, -0.1) is 0 Å². The molecular weight excluding hydrogens is 330 g/mol. The van der Waals surface area contributed by atoms with Gasteiger partial charge in [0.05, 0.1) is 23.1 Å². The average Bonchev–Trinajstić information content (AvgIpc) is 3.08. The maximum Gasteiger partial charge on any atom is 0.225 e. The number of aryl methyl sites for hydroxylation is 2. The third-order valence-corrected chi connectivity index (χ3v) is 4.53. The van der Waals surface area contributed by atoms with Crippen molar-refractivity contribution in [3.63, 3.8) is 0 Å². The van der Waals surface area contributed by atoms with Gasteiger partial charge in [-0.2, -0.15) is 0 Å². The normalized spacial score (nSPS) is 17.5. The van der Waals surface area contributed by atoms with E-state index >= 15 is 0 Å². The van der Waals surface area contributed by atoms with E-state index < -0.39 is 0 Å². The van der Waals surface area contributed by atoms with Crippen molar-refractivity contribution in [1.29, 1.82) is 0 Å². The summed E-state index contributed by atoms with van der Waals surface area (Å²) in [4.78, 5) is 15.7. The lowest BCUT2D eigenvalue weighted by atomic mass is 10.1. The highest BCUT2D eigenvalue weighted by Gasteiger charge is 2.22. The van der Waals surface area contributed by atoms with Gasteiger partial charge in [0.15, 0.2) is 5.76 Å². The van der Waals surface area contributed by atoms with Gasteiger partial charge in [0.1, 0.15) is 0 Å². The van der Waals surface area contributed by atoms with Crippen molar-refractivity contribution in [2.24, 2.45) is 0 Å². The minimum absolute atomic E-state index is 0.339. The SMILES string of the molecule is Cc1ccc(-c2nc(N3CCC[C@@H](O)C3)ncc2-c2cc(C)no2)cn1. The summed E-state index contributed by atoms with van der Waals surface area (Å²) in [5, 5.41) is 13.9. The Kier molecular flexibility index (Phi) is 4.38. The number of pyridine rings is 1. The first kappa shape index (κ1) is 16.7. The molecule has 0 radical (unpaired) electrons. The Bertz CT molecular complexity index is 907. The molecule has 0 aromatic carbocycles. The number of aromatic nitrogens is 4. The number of hydrogen-bond acceptors (Lipinski definition) is 7. The molecule has 1 aliphatic heterocycles. The summed E-state index contributed by atoms with van der Waals surface area (Å²) in [7, 11) is 0. The number of hydrogen-bond donors (Lipinski definition) is 1. The predicted octanol–water partition coefficient (Wildman–Crippen LogP) is 2.77. The van der Waals surface area contributed by atoms with E-state index in [0.717, 1.165) is 47.6 Å². The first-order chi connectivity index (χ1) is 12.6. The molecule has 1 atom stereocenters. The maximum absolute atomic E-state index is 9.96. The molecule has 26 heavy (non-hydrogen) atoms. The number of aliphatic hydroxyl groups excluding tert-OH is 1. The molecule has 3 aromatic rings. The van der Waals surface area contributed by atoms with Crippen LogP contribution in [-0.2, 0) is 0 Å². The quantitative estimate of drug-likeness (QED) is 0.776. The Hall–Kier alpha value is -2.80. The molecule has 3 aromatic heterocycles. The van der Waals surface area contributed by atoms with Crippen LogP contribution in [0.5, 0.6) is 0 Å². The Morgan fingerprint density at radius 1 is 1.15 bits per heavy atom. The summed E-state index contributed by atoms with van der Waals surface area (Å²) in [5.41, 5.74) is 4.16. The molecule has 0 saturated carbocycles. The van der Waals surface area contributed by atoms with Gasteiger partial charge in [-0.1, -0.05) is 5.16 Å². The van der Waals surface area contributed by atoms with E-state index in [1.807, 2.05) is 36.9 Å². The summed E-state index contributed by atoms with van der Waals surface area (Å²) in [5.74, 6) is 1.24. The molecule has 0 spiro atoms. The number of rotatable bonds is 3. The standard InChI is InChI=1S/C19H21N5O2/c1-12-5-6-14(9-20-12)18-16(17-8-13(2)23-26-17)10-21-19(22-18)24-7-3-4-15(25)11-24/h5-6,8-10,15,25H,3-4,7,11H2,1-2H3/t15-/m1/s1. The molecule has 0 aliphatic carbocycles. The molecule has 7 heteroatoms. The van der Waals surface area contributed by atoms with Crippen LogP contribution in [0.3, 0.4) is 0 Å². The van der Waals surface area contributed by atoms with Gasteiger partial charge >= 0.3 is 0 Å². The first-order valence-corrected chi connectivity index (χ1v) is 8.77. The van der Waals surface area contributed by atoms with Crippen LogP contribution < -0.4 is 4.90 Å². The fourth-order valence-corrected chi connectivity index (χ4v) is 3.16. The van der Waals surface area contributed by atoms with Gasteiger partial charge in [-0.05, 0) is 38.8 Å². The number of piperidine rings is 1. The zero-order valence-electron chi connectivity index (χ0n) is 14.9. The van der Waals surface area contributed by atoms with E-state index in [4.69, 9.17) is 9.51 Å². The van der Waals surface area contributed by atoms with Gasteiger partial charge in [-0.25, -0.2) is 9.97 Å². The van der Waals surface area contributed by atoms with Crippen molar-refractivity contribution in [1.82, 2.24) is 20.1 Å². The Morgan fingerprint density at radius 3 is 2.73 bits per heavy atom. The minimum atomic E-state index is -0.339. The highest BCUT2D eigenvalue weighted by molar-refractivity contribution is 5.78. The molecule has 1 fully saturated rings. The molecule has 4 rings (SSSR count). The van der Waals surface area contributed by atoms with E-state index in [-0.39, 0.29) is 6.10 Å². The maximum atomic E-state index is 9.96. The number of anilines is 1. The lowest BCUT2D eigenvalue weighted by Crippen LogP contribution is -2.39. The van der Waals surface area contributed by atoms with Crippen LogP contribution in [0, 0.1) is 13.8 Å². The summed E-state index contributed by atoms with van der Waals surface area (Å²) in [6.07, 6.45) is 4.97. The third-order valence-electron chi connectivity index (χ3n) is 4.53. The number of β-amino-alcohol motifs (C(OH)–C–C–N with tert-alkyl or cyclic N) is 1. The molecule has 1 aliphatic rings. The second-order valence-corrected chi connectivity index (χ2v) is 6.70. The topological polar surface area (TPSA) is 88.2 Å². The molecular formula is C19H21N5O2. The van der Waals surface area contributed by atoms with Crippen LogP contribution >= 0.6 is 0 Å². The smallest absolute Gasteiger partial charge is 0.225 e. The summed E-state index contributed by atoms with van der Waals surface area (Å²) in [6, 6.07) is 5.82. The predicted molar refractivity (Wildman–Crippen MR) is 97.7 cm³/mol. The molecule has 0 bridgehead atoms. The number of nitrogens with zero attached hydrogens (tertiary/aromatic N) is 5. The molecule has 134 valence electrons. The first-order valence-electron chi connectivity index (χ1n) is 8.77. The van der Waals surface area contributed by atoms with Crippen molar-refractivity contribution in [3.05, 3.63) is 42.0 Å². The molecule has 1 N–H and O–H groups in total. The lowest BCUT2D eigenvalue weighted by molar-refractivity contribution is 0.153. The van der Waals surface area contributed by atoms with Crippen LogP contribution in [0.1, 0.15) is 24.2 Å². The second kappa shape index (κ2) is 6.84. The van der Waals surface area contributed by atoms with Gasteiger partial charge in [0.2, 0.25) is 5.95 Å². The van der Waals surface area contributed by atoms with Crippen molar-refractivity contribution in [3.8, 4) is 22.6 Å². The van der Waals surface area contributed by atoms with E-state index in [1.54, 1.807) is 12.4 Å². The summed E-state index contributed by atoms with van der Waals surface area (Å²) in [6.45, 7) is 5.21. The fourth-order valence-electron chi connectivity index (χ4n) is 3.16. The minimum Gasteiger partial charge on any atom is -0.391 e. The zero-order chi connectivity index (χ0) is 18.1. The van der Waals surface area contributed by atoms with Crippen LogP contribution in [0.25, 0.3) is 22.6 Å². The van der Waals surface area contributed by atoms with E-state index in [9.17, 15) is 5.11 Å². The van der Waals surface area contributed by atoms with Crippen molar-refractivity contribution in [2.75, 3.05) is 18.0 Å². The average molecular weight is 351 g/mol. The van der Waals surface area contributed by atoms with Crippen LogP contribution in [0.4, 0.5) is 5.95 Å². The molecule has 0 amide bonds. The lowest BCUT2D eigenvalue weighted by Gasteiger charge is -2.30. The largest absolute Gasteiger partial charge is 0.391 e. The van der Waals surface area contributed by atoms with Crippen LogP contribution in [0.2, 0.25) is 0 Å². The molecule has 4 heterocycles. The van der Waals surface area contributed by atoms with E-state index in [2.05, 4.69) is 15.1 Å². The monoisotopic (exact) mass is 351 g/mol. The Labute approximate surface area is 151 Å². The zero-order valence-corrected chi connectivity index (χ0v) is 14.9. The van der Waals surface area contributed by atoms with Crippen molar-refractivity contribution >= 4 is 5.95 Å². The molecule has 0 unspecified atom stereocenters. The van der Waals surface area contributed by atoms with Crippen molar-refractivity contribution < 1.29 is 9.63 Å². The third kappa shape index (κ3) is 3.30. The summed E-state index contributed by atoms with van der Waals surface area (Å²) >= 11 is 0. The number of aliphatic hydroxyl groups is 1. The Balaban J connectivity index is 1.80. The van der Waals surface area contributed by atoms with E-state index in [1.165, 1.54) is 0 Å². The summed E-state index contributed by atoms with van der Waals surface area (Å²) < 4.78 is 5.43. The molecule has 7 nitrogen and oxygen atoms in total. The highest BCUT2D eigenvalue weighted by atomic mass is 16.5. The Morgan fingerprint density at radius 2 is 2.04 bits per heavy atom. The van der Waals surface area contributed by atoms with Gasteiger partial charge in [-0.3, -0.25) is 4.98 Å². The van der Waals surface area contributed by atoms with Gasteiger partial charge < -0.3 is 14.5 Å². The fraction of sp³-hybridized carbons (Fsp3) is 0.368. The van der Waals surface area contributed by atoms with Gasteiger partial charge in [0, 0.05) is 42.8 Å². The van der Waals surface area contributed by atoms with Crippen LogP contribution in [-0.4, -0.2) is 44.4 Å². The van der Waals surface area contributed by atoms with E-state index in [0.29, 0.717) is 18.3 Å².